The highest BCUT2D eigenvalue weighted by molar-refractivity contribution is 7.47. The van der Waals surface area contributed by atoms with E-state index in [9.17, 15) is 9.46 Å². The van der Waals surface area contributed by atoms with Gasteiger partial charge in [-0.2, -0.15) is 4.57 Å². The number of ether oxygens (including phenoxy) is 2. The monoisotopic (exact) mass is 579 g/mol. The molecule has 226 valence electrons. The molecule has 0 bridgehead atoms. The Labute approximate surface area is 242 Å². The van der Waals surface area contributed by atoms with E-state index in [1.165, 1.54) is 84.2 Å². The summed E-state index contributed by atoms with van der Waals surface area (Å²) in [6, 6.07) is 7.03. The molecule has 0 saturated carbocycles. The van der Waals surface area contributed by atoms with Crippen LogP contribution in [0.1, 0.15) is 102 Å². The predicted octanol–water partition coefficient (Wildman–Crippen LogP) is 7.43. The number of benzene rings is 1. The number of hydrogen-bond acceptors (Lipinski definition) is 6. The van der Waals surface area contributed by atoms with Crippen molar-refractivity contribution >= 4 is 7.82 Å². The van der Waals surface area contributed by atoms with Crippen LogP contribution in [0.4, 0.5) is 0 Å². The van der Waals surface area contributed by atoms with Crippen molar-refractivity contribution in [1.82, 2.24) is 4.98 Å². The van der Waals surface area contributed by atoms with Crippen molar-refractivity contribution in [3.05, 3.63) is 54.6 Å². The molecule has 1 aromatic carbocycles. The fourth-order valence-electron chi connectivity index (χ4n) is 4.50. The molecule has 1 aromatic heterocycles. The van der Waals surface area contributed by atoms with Gasteiger partial charge < -0.3 is 14.0 Å². The number of hydrogen-bond donors (Lipinski definition) is 1. The van der Waals surface area contributed by atoms with Crippen LogP contribution in [0.3, 0.4) is 0 Å². The number of phosphoric acid groups is 1. The minimum atomic E-state index is -4.31. The van der Waals surface area contributed by atoms with Crippen LogP contribution in [0.2, 0.25) is 0 Å². The van der Waals surface area contributed by atoms with Crippen LogP contribution in [0.25, 0.3) is 0 Å². The molecule has 0 aliphatic carbocycles. The van der Waals surface area contributed by atoms with Gasteiger partial charge in [-0.15, -0.1) is 0 Å². The summed E-state index contributed by atoms with van der Waals surface area (Å²) < 4.78 is 36.0. The average Bonchev–Trinajstić information content (AvgIpc) is 2.95. The van der Waals surface area contributed by atoms with Crippen molar-refractivity contribution in [1.29, 1.82) is 0 Å². The summed E-state index contributed by atoms with van der Waals surface area (Å²) in [7, 11) is -2.78. The predicted molar refractivity (Wildman–Crippen MR) is 158 cm³/mol. The molecule has 0 saturated heterocycles. The van der Waals surface area contributed by atoms with Gasteiger partial charge >= 0.3 is 7.82 Å². The molecular formula is C31H52N2O6P+. The lowest BCUT2D eigenvalue weighted by Crippen LogP contribution is -2.33. The summed E-state index contributed by atoms with van der Waals surface area (Å²) in [6.07, 6.45) is 25.1. The maximum Gasteiger partial charge on any atom is 0.527 e. The van der Waals surface area contributed by atoms with Gasteiger partial charge in [-0.05, 0) is 18.6 Å². The molecule has 0 aliphatic heterocycles. The van der Waals surface area contributed by atoms with Crippen molar-refractivity contribution in [2.75, 3.05) is 26.9 Å². The molecule has 0 spiro atoms. The van der Waals surface area contributed by atoms with Gasteiger partial charge in [0.1, 0.15) is 11.9 Å². The maximum absolute atomic E-state index is 12.5. The smallest absolute Gasteiger partial charge is 0.404 e. The molecule has 40 heavy (non-hydrogen) atoms. The van der Waals surface area contributed by atoms with Crippen molar-refractivity contribution in [2.45, 2.75) is 109 Å². The molecule has 2 rings (SSSR count). The molecule has 9 heteroatoms. The van der Waals surface area contributed by atoms with Crippen LogP contribution in [0, 0.1) is 0 Å². The zero-order chi connectivity index (χ0) is 28.7. The largest absolute Gasteiger partial charge is 0.527 e. The van der Waals surface area contributed by atoms with Crippen LogP contribution >= 0.6 is 7.82 Å². The second-order valence-corrected chi connectivity index (χ2v) is 11.8. The summed E-state index contributed by atoms with van der Waals surface area (Å²) in [5.41, 5.74) is 0.917. The summed E-state index contributed by atoms with van der Waals surface area (Å²) in [6.45, 7) is 3.69. The molecule has 8 nitrogen and oxygen atoms in total. The minimum absolute atomic E-state index is 0.102. The van der Waals surface area contributed by atoms with Crippen LogP contribution in [-0.2, 0) is 25.1 Å². The van der Waals surface area contributed by atoms with Gasteiger partial charge in [0.2, 0.25) is 0 Å². The molecule has 2 atom stereocenters. The lowest BCUT2D eigenvalue weighted by Gasteiger charge is -2.18. The van der Waals surface area contributed by atoms with Crippen molar-refractivity contribution in [2.24, 2.45) is 0 Å². The third-order valence-corrected chi connectivity index (χ3v) is 7.79. The van der Waals surface area contributed by atoms with Gasteiger partial charge in [0.15, 0.2) is 18.9 Å². The quantitative estimate of drug-likeness (QED) is 0.0743. The topological polar surface area (TPSA) is 91.0 Å². The van der Waals surface area contributed by atoms with Crippen LogP contribution < -0.4 is 9.09 Å². The van der Waals surface area contributed by atoms with Crippen LogP contribution in [0.5, 0.6) is 5.75 Å². The zero-order valence-electron chi connectivity index (χ0n) is 24.8. The van der Waals surface area contributed by atoms with Gasteiger partial charge in [0.05, 0.1) is 25.6 Å². The first-order valence-electron chi connectivity index (χ1n) is 15.2. The van der Waals surface area contributed by atoms with E-state index in [1.54, 1.807) is 30.6 Å². The standard InChI is InChI=1S/C31H51N2O6P/c1-3-4-5-6-7-8-9-10-11-12-13-14-15-16-24-37-27-31(36-2)28-38-40(34,35)39-30-19-17-18-29(25-30)26-33-22-20-32-21-23-33/h17-23,25,31H,3-16,24,26-28H2,1-2H3/p+1. The lowest BCUT2D eigenvalue weighted by atomic mass is 10.0. The Morgan fingerprint density at radius 3 is 2.08 bits per heavy atom. The van der Waals surface area contributed by atoms with E-state index in [1.807, 2.05) is 23.0 Å². The second-order valence-electron chi connectivity index (χ2n) is 10.4. The maximum atomic E-state index is 12.5. The first-order valence-corrected chi connectivity index (χ1v) is 16.7. The highest BCUT2D eigenvalue weighted by atomic mass is 31.2. The first kappa shape index (κ1) is 34.4. The van der Waals surface area contributed by atoms with Crippen molar-refractivity contribution in [3.63, 3.8) is 0 Å². The van der Waals surface area contributed by atoms with Gasteiger partial charge in [-0.25, -0.2) is 4.57 Å². The van der Waals surface area contributed by atoms with E-state index in [-0.39, 0.29) is 12.4 Å². The number of aromatic nitrogens is 2. The Kier molecular flexibility index (Phi) is 18.8. The van der Waals surface area contributed by atoms with E-state index in [4.69, 9.17) is 18.5 Å². The number of unbranched alkanes of at least 4 members (excludes halogenated alkanes) is 13. The van der Waals surface area contributed by atoms with Crippen LogP contribution in [-0.4, -0.2) is 42.9 Å². The average molecular weight is 580 g/mol. The van der Waals surface area contributed by atoms with E-state index < -0.39 is 13.9 Å². The van der Waals surface area contributed by atoms with E-state index in [2.05, 4.69) is 11.9 Å². The fraction of sp³-hybridized carbons (Fsp3) is 0.677. The molecule has 0 fully saturated rings. The molecule has 0 aliphatic rings. The highest BCUT2D eigenvalue weighted by Gasteiger charge is 2.25. The summed E-state index contributed by atoms with van der Waals surface area (Å²) >= 11 is 0. The minimum Gasteiger partial charge on any atom is -0.404 e. The summed E-state index contributed by atoms with van der Waals surface area (Å²) in [5.74, 6) is 0.265. The number of rotatable bonds is 25. The number of methoxy groups -OCH3 is 1. The summed E-state index contributed by atoms with van der Waals surface area (Å²) in [4.78, 5) is 14.2. The molecule has 1 heterocycles. The Hall–Kier alpha value is -1.83. The fourth-order valence-corrected chi connectivity index (χ4v) is 5.29. The first-order chi connectivity index (χ1) is 19.5. The molecule has 0 amide bonds. The Morgan fingerprint density at radius 2 is 1.48 bits per heavy atom. The Balaban J connectivity index is 1.50. The van der Waals surface area contributed by atoms with E-state index in [0.717, 1.165) is 18.4 Å². The third kappa shape index (κ3) is 17.1. The van der Waals surface area contributed by atoms with E-state index >= 15 is 0 Å². The number of phosphoric ester groups is 1. The Morgan fingerprint density at radius 1 is 0.875 bits per heavy atom. The van der Waals surface area contributed by atoms with Crippen molar-refractivity contribution < 1.29 is 32.5 Å². The molecule has 1 N–H and O–H groups in total. The van der Waals surface area contributed by atoms with E-state index in [0.29, 0.717) is 19.8 Å². The van der Waals surface area contributed by atoms with Crippen molar-refractivity contribution in [3.8, 4) is 5.75 Å². The molecule has 2 unspecified atom stereocenters. The normalized spacial score (nSPS) is 13.7. The summed E-state index contributed by atoms with van der Waals surface area (Å²) in [5, 5.41) is 0. The van der Waals surface area contributed by atoms with Gasteiger partial charge in [0.25, 0.3) is 0 Å². The number of nitrogens with zero attached hydrogens (tertiary/aromatic N) is 2. The van der Waals surface area contributed by atoms with Gasteiger partial charge in [-0.3, -0.25) is 14.4 Å². The van der Waals surface area contributed by atoms with Gasteiger partial charge in [-0.1, -0.05) is 103 Å². The molecule has 2 aromatic rings. The molecular weight excluding hydrogens is 527 g/mol. The highest BCUT2D eigenvalue weighted by Crippen LogP contribution is 2.44. The SMILES string of the molecule is CCCCCCCCCCCCCCCCOCC(COP(=O)(O)Oc1cccc(C[n+]2ccncc2)c1)OC. The molecule has 0 radical (unpaired) electrons. The third-order valence-electron chi connectivity index (χ3n) is 6.88. The van der Waals surface area contributed by atoms with Crippen LogP contribution in [0.15, 0.2) is 49.1 Å². The zero-order valence-corrected chi connectivity index (χ0v) is 25.6. The second kappa shape index (κ2) is 21.9. The lowest BCUT2D eigenvalue weighted by molar-refractivity contribution is -0.688. The van der Waals surface area contributed by atoms with Gasteiger partial charge in [0, 0.05) is 19.3 Å². The Bertz CT molecular complexity index is 933.